The Morgan fingerprint density at radius 2 is 2.12 bits per heavy atom. The molecule has 0 aliphatic rings. The van der Waals surface area contributed by atoms with Gasteiger partial charge in [-0.3, -0.25) is 4.79 Å². The van der Waals surface area contributed by atoms with Crippen LogP contribution < -0.4 is 10.5 Å². The van der Waals surface area contributed by atoms with Gasteiger partial charge in [0.05, 0.1) is 0 Å². The van der Waals surface area contributed by atoms with Gasteiger partial charge in [0.15, 0.2) is 0 Å². The number of amides is 1. The SMILES string of the molecule is NC(=O)c1cc(-c2ccc(O[CH2][AlH2])cc2)no1. The summed E-state index contributed by atoms with van der Waals surface area (Å²) >= 11 is 0.998. The molecule has 0 saturated heterocycles. The van der Waals surface area contributed by atoms with E-state index in [1.54, 1.807) is 0 Å². The first-order valence-corrected chi connectivity index (χ1v) is 6.62. The van der Waals surface area contributed by atoms with E-state index in [1.165, 1.54) is 6.07 Å². The van der Waals surface area contributed by atoms with E-state index in [0.29, 0.717) is 5.69 Å². The average molecular weight is 246 g/mol. The zero-order valence-corrected chi connectivity index (χ0v) is 11.3. The number of rotatable bonds is 4. The summed E-state index contributed by atoms with van der Waals surface area (Å²) in [5.41, 5.74) is 7.27. The third-order valence-electron chi connectivity index (χ3n) is 2.21. The van der Waals surface area contributed by atoms with Crippen molar-refractivity contribution in [3.63, 3.8) is 0 Å². The fourth-order valence-corrected chi connectivity index (χ4v) is 1.75. The van der Waals surface area contributed by atoms with E-state index < -0.39 is 5.91 Å². The second-order valence-electron chi connectivity index (χ2n) is 3.40. The van der Waals surface area contributed by atoms with Crippen molar-refractivity contribution in [2.24, 2.45) is 5.73 Å². The van der Waals surface area contributed by atoms with Crippen LogP contribution in [0.5, 0.6) is 5.75 Å². The lowest BCUT2D eigenvalue weighted by molar-refractivity contribution is 0.0965. The number of aromatic nitrogens is 1. The third-order valence-corrected chi connectivity index (χ3v) is 2.50. The maximum Gasteiger partial charge on any atom is 0.287 e. The van der Waals surface area contributed by atoms with Crippen molar-refractivity contribution < 1.29 is 14.1 Å². The number of benzene rings is 1. The van der Waals surface area contributed by atoms with Crippen LogP contribution in [0, 0.1) is 0 Å². The molecular weight excluding hydrogens is 235 g/mol. The van der Waals surface area contributed by atoms with Crippen LogP contribution in [0.2, 0.25) is 0 Å². The molecule has 5 nitrogen and oxygen atoms in total. The van der Waals surface area contributed by atoms with Crippen LogP contribution in [-0.4, -0.2) is 32.8 Å². The lowest BCUT2D eigenvalue weighted by Gasteiger charge is -2.02. The summed E-state index contributed by atoms with van der Waals surface area (Å²) in [6.45, 7) is 0. The van der Waals surface area contributed by atoms with E-state index in [4.69, 9.17) is 15.0 Å². The summed E-state index contributed by atoms with van der Waals surface area (Å²) in [5.74, 6) is 0.252. The van der Waals surface area contributed by atoms with Gasteiger partial charge in [0.2, 0.25) is 5.76 Å². The Bertz CT molecular complexity index is 522. The van der Waals surface area contributed by atoms with Crippen LogP contribution >= 0.6 is 0 Å². The quantitative estimate of drug-likeness (QED) is 0.792. The van der Waals surface area contributed by atoms with Gasteiger partial charge in [0.1, 0.15) is 11.4 Å². The maximum absolute atomic E-state index is 10.9. The molecule has 2 N–H and O–H groups in total. The molecule has 0 aliphatic carbocycles. The van der Waals surface area contributed by atoms with Crippen molar-refractivity contribution >= 4 is 22.2 Å². The Morgan fingerprint density at radius 3 is 2.65 bits per heavy atom. The molecule has 0 radical (unpaired) electrons. The molecule has 2 aromatic rings. The van der Waals surface area contributed by atoms with Gasteiger partial charge in [0.25, 0.3) is 22.2 Å². The molecule has 0 unspecified atom stereocenters. The molecule has 1 aromatic carbocycles. The maximum atomic E-state index is 10.9. The largest absolute Gasteiger partial charge is 0.510 e. The van der Waals surface area contributed by atoms with Crippen LogP contribution in [0.4, 0.5) is 0 Å². The summed E-state index contributed by atoms with van der Waals surface area (Å²) < 4.78 is 10.2. The lowest BCUT2D eigenvalue weighted by atomic mass is 10.1. The Labute approximate surface area is 106 Å². The van der Waals surface area contributed by atoms with Gasteiger partial charge >= 0.3 is 0 Å². The Kier molecular flexibility index (Phi) is 3.47. The minimum atomic E-state index is -0.625. The smallest absolute Gasteiger partial charge is 0.287 e. The molecule has 2 rings (SSSR count). The van der Waals surface area contributed by atoms with Crippen LogP contribution in [0.15, 0.2) is 34.9 Å². The first-order valence-electron chi connectivity index (χ1n) is 5.20. The van der Waals surface area contributed by atoms with Crippen LogP contribution in [0.25, 0.3) is 11.3 Å². The van der Waals surface area contributed by atoms with E-state index in [1.807, 2.05) is 24.3 Å². The molecule has 17 heavy (non-hydrogen) atoms. The molecule has 0 saturated carbocycles. The third kappa shape index (κ3) is 2.67. The summed E-state index contributed by atoms with van der Waals surface area (Å²) in [6.07, 6.45) is 0. The first-order chi connectivity index (χ1) is 8.20. The molecule has 1 aromatic heterocycles. The average Bonchev–Trinajstić information content (AvgIpc) is 2.80. The van der Waals surface area contributed by atoms with E-state index in [0.717, 1.165) is 33.1 Å². The molecular formula is C11H11AlN2O3. The Hall–Kier alpha value is -1.77. The number of nitrogens with zero attached hydrogens (tertiary/aromatic N) is 1. The highest BCUT2D eigenvalue weighted by Crippen LogP contribution is 2.21. The van der Waals surface area contributed by atoms with Crippen molar-refractivity contribution in [2.75, 3.05) is 5.47 Å². The van der Waals surface area contributed by atoms with Crippen LogP contribution in [-0.2, 0) is 0 Å². The van der Waals surface area contributed by atoms with E-state index in [9.17, 15) is 4.79 Å². The molecule has 1 heterocycles. The second kappa shape index (κ2) is 5.04. The van der Waals surface area contributed by atoms with E-state index in [2.05, 4.69) is 5.16 Å². The Balaban J connectivity index is 2.23. The van der Waals surface area contributed by atoms with Gasteiger partial charge in [-0.2, -0.15) is 0 Å². The fourth-order valence-electron chi connectivity index (χ4n) is 1.42. The van der Waals surface area contributed by atoms with Crippen molar-refractivity contribution in [3.8, 4) is 17.0 Å². The minimum absolute atomic E-state index is 0.0554. The standard InChI is InChI=1S/C11H9N2O3.Al.2H/c1-15-8-4-2-7(3-5-8)9-6-10(11(12)14)16-13-9;;;/h2-6H,1H2,(H2,12,14);;;. The number of nitrogens with two attached hydrogens (primary N) is 1. The number of primary amides is 1. The van der Waals surface area contributed by atoms with Crippen molar-refractivity contribution in [1.82, 2.24) is 5.16 Å². The predicted molar refractivity (Wildman–Crippen MR) is 64.5 cm³/mol. The normalized spacial score (nSPS) is 10.1. The highest BCUT2D eigenvalue weighted by Gasteiger charge is 2.10. The number of hydrogen-bond acceptors (Lipinski definition) is 4. The van der Waals surface area contributed by atoms with Gasteiger partial charge in [-0.25, -0.2) is 0 Å². The summed E-state index contributed by atoms with van der Waals surface area (Å²) in [4.78, 5) is 10.9. The van der Waals surface area contributed by atoms with E-state index >= 15 is 0 Å². The number of carbonyl (C=O) groups excluding carboxylic acids is 1. The van der Waals surface area contributed by atoms with Gasteiger partial charge < -0.3 is 15.0 Å². The van der Waals surface area contributed by atoms with E-state index in [-0.39, 0.29) is 5.76 Å². The number of hydrogen-bond donors (Lipinski definition) is 1. The molecule has 0 bridgehead atoms. The second-order valence-corrected chi connectivity index (χ2v) is 3.98. The van der Waals surface area contributed by atoms with Gasteiger partial charge in [-0.1, -0.05) is 5.16 Å². The van der Waals surface area contributed by atoms with Gasteiger partial charge in [-0.05, 0) is 24.3 Å². The van der Waals surface area contributed by atoms with Gasteiger partial charge in [0, 0.05) is 17.1 Å². The highest BCUT2D eigenvalue weighted by molar-refractivity contribution is 6.08. The molecule has 6 heteroatoms. The van der Waals surface area contributed by atoms with Crippen LogP contribution in [0.3, 0.4) is 0 Å². The molecule has 0 atom stereocenters. The minimum Gasteiger partial charge on any atom is -0.510 e. The predicted octanol–water partition coefficient (Wildman–Crippen LogP) is 0.410. The zero-order chi connectivity index (χ0) is 12.3. The summed E-state index contributed by atoms with van der Waals surface area (Å²) in [5, 5.41) is 3.77. The lowest BCUT2D eigenvalue weighted by Crippen LogP contribution is -2.09. The van der Waals surface area contributed by atoms with Crippen LogP contribution in [0.1, 0.15) is 10.6 Å². The highest BCUT2D eigenvalue weighted by atomic mass is 27.0. The molecule has 0 spiro atoms. The molecule has 0 aliphatic heterocycles. The van der Waals surface area contributed by atoms with Gasteiger partial charge in [-0.15, -0.1) is 0 Å². The molecule has 0 fully saturated rings. The summed E-state index contributed by atoms with van der Waals surface area (Å²) in [6, 6.07) is 8.94. The topological polar surface area (TPSA) is 78.4 Å². The van der Waals surface area contributed by atoms with Crippen molar-refractivity contribution in [2.45, 2.75) is 0 Å². The fraction of sp³-hybridized carbons (Fsp3) is 0.0909. The van der Waals surface area contributed by atoms with Crippen molar-refractivity contribution in [3.05, 3.63) is 36.1 Å². The first kappa shape index (κ1) is 11.7. The zero-order valence-electron chi connectivity index (χ0n) is 9.34. The Morgan fingerprint density at radius 1 is 1.41 bits per heavy atom. The number of ether oxygens (including phenoxy) is 1. The molecule has 1 amide bonds. The van der Waals surface area contributed by atoms with Crippen molar-refractivity contribution in [1.29, 1.82) is 0 Å². The molecule has 86 valence electrons. The summed E-state index contributed by atoms with van der Waals surface area (Å²) in [7, 11) is 0. The number of carbonyl (C=O) groups is 1. The monoisotopic (exact) mass is 246 g/mol.